The van der Waals surface area contributed by atoms with Crippen molar-refractivity contribution in [2.45, 2.75) is 63.0 Å². The number of rotatable bonds is 5. The number of anilines is 4. The first-order valence-electron chi connectivity index (χ1n) is 12.3. The molecule has 4 aliphatic rings. The third kappa shape index (κ3) is 3.38. The third-order valence-corrected chi connectivity index (χ3v) is 7.77. The van der Waals surface area contributed by atoms with E-state index in [1.165, 1.54) is 6.42 Å². The van der Waals surface area contributed by atoms with E-state index in [1.54, 1.807) is 4.90 Å². The summed E-state index contributed by atoms with van der Waals surface area (Å²) in [6, 6.07) is 8.57. The minimum absolute atomic E-state index is 0.0928. The Labute approximate surface area is 194 Å². The van der Waals surface area contributed by atoms with Crippen LogP contribution < -0.4 is 15.1 Å². The molecule has 2 aliphatic carbocycles. The topological polar surface area (TPSA) is 90.8 Å². The molecule has 2 aliphatic heterocycles. The van der Waals surface area contributed by atoms with Gasteiger partial charge in [0.25, 0.3) is 0 Å². The van der Waals surface area contributed by atoms with Crippen LogP contribution in [0.15, 0.2) is 24.3 Å². The molecule has 3 fully saturated rings. The Hall–Kier alpha value is -2.71. The first-order valence-corrected chi connectivity index (χ1v) is 12.3. The number of aromatic nitrogens is 2. The molecule has 1 aromatic carbocycles. The second-order valence-corrected chi connectivity index (χ2v) is 9.66. The Kier molecular flexibility index (Phi) is 5.22. The van der Waals surface area contributed by atoms with Crippen molar-refractivity contribution in [2.75, 3.05) is 41.4 Å². The van der Waals surface area contributed by atoms with Gasteiger partial charge in [-0.1, -0.05) is 12.8 Å². The van der Waals surface area contributed by atoms with E-state index in [2.05, 4.69) is 27.3 Å². The largest absolute Gasteiger partial charge is 0.388 e. The summed E-state index contributed by atoms with van der Waals surface area (Å²) in [5.41, 5.74) is 2.32. The molecule has 2 saturated carbocycles. The predicted octanol–water partition coefficient (Wildman–Crippen LogP) is 3.26. The summed E-state index contributed by atoms with van der Waals surface area (Å²) in [5.74, 6) is 1.84. The van der Waals surface area contributed by atoms with Crippen LogP contribution in [0.1, 0.15) is 56.3 Å². The molecule has 2 aromatic rings. The minimum atomic E-state index is -0.571. The number of carbonyl (C=O) groups excluding carboxylic acids is 1. The molecule has 8 nitrogen and oxygen atoms in total. The molecule has 0 radical (unpaired) electrons. The number of ether oxygens (including phenoxy) is 1. The monoisotopic (exact) mass is 449 g/mol. The van der Waals surface area contributed by atoms with Crippen molar-refractivity contribution >= 4 is 28.9 Å². The lowest BCUT2D eigenvalue weighted by atomic mass is 9.80. The standard InChI is InChI=1S/C25H31N5O3/c31-16-20-27-22(26-17-4-3-5-17)21-23(28-20)30(24(32)25(21)10-1-2-11-25)19-8-6-18(7-9-19)29-12-14-33-15-13-29/h6-9,17,31H,1-5,10-16H2,(H,26,27,28). The highest BCUT2D eigenvalue weighted by atomic mass is 16.5. The highest BCUT2D eigenvalue weighted by Gasteiger charge is 2.55. The lowest BCUT2D eigenvalue weighted by Crippen LogP contribution is -2.37. The molecule has 2 N–H and O–H groups in total. The molecule has 0 unspecified atom stereocenters. The van der Waals surface area contributed by atoms with Gasteiger partial charge in [-0.2, -0.15) is 0 Å². The van der Waals surface area contributed by atoms with Gasteiger partial charge in [-0.15, -0.1) is 0 Å². The fourth-order valence-electron chi connectivity index (χ4n) is 5.75. The zero-order chi connectivity index (χ0) is 22.4. The third-order valence-electron chi connectivity index (χ3n) is 7.77. The van der Waals surface area contributed by atoms with Crippen LogP contribution in [0.2, 0.25) is 0 Å². The van der Waals surface area contributed by atoms with E-state index in [9.17, 15) is 9.90 Å². The Bertz CT molecular complexity index is 1040. The second-order valence-electron chi connectivity index (χ2n) is 9.66. The number of hydrogen-bond acceptors (Lipinski definition) is 7. The first-order chi connectivity index (χ1) is 16.2. The van der Waals surface area contributed by atoms with Gasteiger partial charge in [0, 0.05) is 24.8 Å². The number of nitrogens with one attached hydrogen (secondary N) is 1. The van der Waals surface area contributed by atoms with E-state index in [0.717, 1.165) is 87.6 Å². The lowest BCUT2D eigenvalue weighted by Gasteiger charge is -2.30. The maximum atomic E-state index is 14.0. The van der Waals surface area contributed by atoms with Crippen LogP contribution in [0, 0.1) is 0 Å². The molecular weight excluding hydrogens is 418 g/mol. The fourth-order valence-corrected chi connectivity index (χ4v) is 5.75. The van der Waals surface area contributed by atoms with E-state index in [1.807, 2.05) is 12.1 Å². The Morgan fingerprint density at radius 1 is 1.03 bits per heavy atom. The van der Waals surface area contributed by atoms with Crippen LogP contribution in [-0.4, -0.2) is 53.3 Å². The van der Waals surface area contributed by atoms with Crippen molar-refractivity contribution in [3.63, 3.8) is 0 Å². The number of hydrogen-bond donors (Lipinski definition) is 2. The fraction of sp³-hybridized carbons (Fsp3) is 0.560. The zero-order valence-corrected chi connectivity index (χ0v) is 18.9. The summed E-state index contributed by atoms with van der Waals surface area (Å²) < 4.78 is 5.47. The van der Waals surface area contributed by atoms with Crippen molar-refractivity contribution < 1.29 is 14.6 Å². The average molecular weight is 450 g/mol. The molecule has 1 amide bonds. The molecule has 3 heterocycles. The molecule has 6 rings (SSSR count). The van der Waals surface area contributed by atoms with Gasteiger partial charge in [0.05, 0.1) is 29.9 Å². The molecule has 1 spiro atoms. The molecule has 33 heavy (non-hydrogen) atoms. The number of fused-ring (bicyclic) bond motifs is 2. The zero-order valence-electron chi connectivity index (χ0n) is 18.9. The van der Waals surface area contributed by atoms with Crippen LogP contribution in [0.4, 0.5) is 23.0 Å². The Balaban J connectivity index is 1.42. The Morgan fingerprint density at radius 2 is 1.73 bits per heavy atom. The lowest BCUT2D eigenvalue weighted by molar-refractivity contribution is -0.122. The van der Waals surface area contributed by atoms with E-state index >= 15 is 0 Å². The van der Waals surface area contributed by atoms with Gasteiger partial charge >= 0.3 is 0 Å². The molecule has 1 saturated heterocycles. The van der Waals surface area contributed by atoms with E-state index < -0.39 is 5.41 Å². The van der Waals surface area contributed by atoms with Gasteiger partial charge in [-0.25, -0.2) is 9.97 Å². The van der Waals surface area contributed by atoms with Gasteiger partial charge in [-0.05, 0) is 56.4 Å². The van der Waals surface area contributed by atoms with Gasteiger partial charge in [0.2, 0.25) is 5.91 Å². The van der Waals surface area contributed by atoms with Crippen LogP contribution in [0.5, 0.6) is 0 Å². The first kappa shape index (κ1) is 20.9. The highest BCUT2D eigenvalue weighted by molar-refractivity contribution is 6.13. The Morgan fingerprint density at radius 3 is 2.36 bits per heavy atom. The molecule has 8 heteroatoms. The van der Waals surface area contributed by atoms with Crippen molar-refractivity contribution in [3.05, 3.63) is 35.7 Å². The SMILES string of the molecule is O=C1N(c2ccc(N3CCOCC3)cc2)c2nc(CO)nc(NC3CCC3)c2C12CCCC2. The predicted molar refractivity (Wildman–Crippen MR) is 126 cm³/mol. The second kappa shape index (κ2) is 8.25. The molecule has 174 valence electrons. The van der Waals surface area contributed by atoms with Gasteiger partial charge < -0.3 is 20.1 Å². The summed E-state index contributed by atoms with van der Waals surface area (Å²) in [6.45, 7) is 2.96. The number of nitrogens with zero attached hydrogens (tertiary/aromatic N) is 4. The normalized spacial score (nSPS) is 22.0. The molecular formula is C25H31N5O3. The number of benzene rings is 1. The maximum absolute atomic E-state index is 14.0. The minimum Gasteiger partial charge on any atom is -0.388 e. The van der Waals surface area contributed by atoms with E-state index in [-0.39, 0.29) is 12.5 Å². The summed E-state index contributed by atoms with van der Waals surface area (Å²) in [4.78, 5) is 27.5. The molecule has 1 aromatic heterocycles. The summed E-state index contributed by atoms with van der Waals surface area (Å²) >= 11 is 0. The average Bonchev–Trinajstić information content (AvgIpc) is 3.41. The number of morpholine rings is 1. The summed E-state index contributed by atoms with van der Waals surface area (Å²) in [6.07, 6.45) is 7.13. The van der Waals surface area contributed by atoms with Crippen LogP contribution >= 0.6 is 0 Å². The van der Waals surface area contributed by atoms with E-state index in [4.69, 9.17) is 9.72 Å². The smallest absolute Gasteiger partial charge is 0.243 e. The van der Waals surface area contributed by atoms with Crippen LogP contribution in [0.25, 0.3) is 0 Å². The van der Waals surface area contributed by atoms with Crippen molar-refractivity contribution in [1.82, 2.24) is 9.97 Å². The number of aliphatic hydroxyl groups excluding tert-OH is 1. The molecule has 0 atom stereocenters. The number of aliphatic hydroxyl groups is 1. The van der Waals surface area contributed by atoms with Gasteiger partial charge in [-0.3, -0.25) is 9.69 Å². The summed E-state index contributed by atoms with van der Waals surface area (Å²) in [5, 5.41) is 13.5. The maximum Gasteiger partial charge on any atom is 0.243 e. The van der Waals surface area contributed by atoms with Gasteiger partial charge in [0.15, 0.2) is 5.82 Å². The van der Waals surface area contributed by atoms with Crippen molar-refractivity contribution in [2.24, 2.45) is 0 Å². The van der Waals surface area contributed by atoms with E-state index in [0.29, 0.717) is 17.7 Å². The quantitative estimate of drug-likeness (QED) is 0.724. The van der Waals surface area contributed by atoms with Crippen molar-refractivity contribution in [3.8, 4) is 0 Å². The van der Waals surface area contributed by atoms with Crippen molar-refractivity contribution in [1.29, 1.82) is 0 Å². The number of carbonyl (C=O) groups is 1. The number of amides is 1. The summed E-state index contributed by atoms with van der Waals surface area (Å²) in [7, 11) is 0. The van der Waals surface area contributed by atoms with Crippen LogP contribution in [0.3, 0.4) is 0 Å². The molecule has 0 bridgehead atoms. The van der Waals surface area contributed by atoms with Crippen LogP contribution in [-0.2, 0) is 21.6 Å². The van der Waals surface area contributed by atoms with Gasteiger partial charge in [0.1, 0.15) is 18.2 Å². The highest BCUT2D eigenvalue weighted by Crippen LogP contribution is 2.55.